The quantitative estimate of drug-likeness (QED) is 0.403. The van der Waals surface area contributed by atoms with Gasteiger partial charge >= 0.3 is 0 Å². The lowest BCUT2D eigenvalue weighted by Gasteiger charge is -2.14. The molecule has 2 aromatic carbocycles. The van der Waals surface area contributed by atoms with Gasteiger partial charge in [-0.25, -0.2) is 0 Å². The predicted molar refractivity (Wildman–Crippen MR) is 115 cm³/mol. The number of hydrogen-bond acceptors (Lipinski definition) is 5. The molecule has 0 aliphatic heterocycles. The van der Waals surface area contributed by atoms with Crippen molar-refractivity contribution in [3.8, 4) is 23.1 Å². The van der Waals surface area contributed by atoms with E-state index in [1.807, 2.05) is 66.1 Å². The van der Waals surface area contributed by atoms with E-state index < -0.39 is 0 Å². The van der Waals surface area contributed by atoms with Crippen LogP contribution in [0.2, 0.25) is 5.02 Å². The summed E-state index contributed by atoms with van der Waals surface area (Å²) in [6.45, 7) is 1.99. The molecule has 0 spiro atoms. The van der Waals surface area contributed by atoms with E-state index in [0.717, 1.165) is 33.4 Å². The van der Waals surface area contributed by atoms with Crippen LogP contribution in [0.25, 0.3) is 17.1 Å². The van der Waals surface area contributed by atoms with Crippen LogP contribution in [0.5, 0.6) is 0 Å². The van der Waals surface area contributed by atoms with Crippen molar-refractivity contribution in [1.82, 2.24) is 19.7 Å². The van der Waals surface area contributed by atoms with Gasteiger partial charge in [0.2, 0.25) is 0 Å². The number of hydrogen-bond donors (Lipinski definition) is 0. The minimum Gasteiger partial charge on any atom is -0.270 e. The Morgan fingerprint density at radius 1 is 1.03 bits per heavy atom. The SMILES string of the molecule is Cc1c(Cl)cccc1-n1c(SCc2ccc(C#N)cc2)nnc1-c1ccncc1. The maximum atomic E-state index is 8.97. The molecular formula is C22H16ClN5S. The first-order valence-electron chi connectivity index (χ1n) is 8.90. The summed E-state index contributed by atoms with van der Waals surface area (Å²) in [6.07, 6.45) is 3.48. The van der Waals surface area contributed by atoms with Crippen molar-refractivity contribution in [3.63, 3.8) is 0 Å². The molecule has 0 aliphatic carbocycles. The van der Waals surface area contributed by atoms with Gasteiger partial charge < -0.3 is 0 Å². The highest BCUT2D eigenvalue weighted by Crippen LogP contribution is 2.32. The first-order chi connectivity index (χ1) is 14.2. The molecule has 0 N–H and O–H groups in total. The Hall–Kier alpha value is -3.14. The van der Waals surface area contributed by atoms with Crippen LogP contribution in [0.4, 0.5) is 0 Å². The van der Waals surface area contributed by atoms with Crippen LogP contribution in [0, 0.1) is 18.3 Å². The molecule has 0 fully saturated rings. The molecule has 5 nitrogen and oxygen atoms in total. The van der Waals surface area contributed by atoms with E-state index in [2.05, 4.69) is 21.3 Å². The Labute approximate surface area is 178 Å². The molecule has 29 heavy (non-hydrogen) atoms. The first kappa shape index (κ1) is 19.2. The maximum absolute atomic E-state index is 8.97. The Balaban J connectivity index is 1.75. The van der Waals surface area contributed by atoms with Crippen LogP contribution >= 0.6 is 23.4 Å². The van der Waals surface area contributed by atoms with E-state index in [-0.39, 0.29) is 0 Å². The first-order valence-corrected chi connectivity index (χ1v) is 10.3. The van der Waals surface area contributed by atoms with Crippen molar-refractivity contribution in [2.45, 2.75) is 17.8 Å². The summed E-state index contributed by atoms with van der Waals surface area (Å²) in [5, 5.41) is 19.3. The Morgan fingerprint density at radius 2 is 1.79 bits per heavy atom. The number of rotatable bonds is 5. The normalized spacial score (nSPS) is 10.7. The van der Waals surface area contributed by atoms with Crippen LogP contribution < -0.4 is 0 Å². The molecular weight excluding hydrogens is 402 g/mol. The highest BCUT2D eigenvalue weighted by molar-refractivity contribution is 7.98. The number of halogens is 1. The fourth-order valence-electron chi connectivity index (χ4n) is 2.93. The Morgan fingerprint density at radius 3 is 2.52 bits per heavy atom. The van der Waals surface area contributed by atoms with E-state index in [4.69, 9.17) is 16.9 Å². The minimum absolute atomic E-state index is 0.649. The van der Waals surface area contributed by atoms with Gasteiger partial charge in [0.25, 0.3) is 0 Å². The third-order valence-electron chi connectivity index (χ3n) is 4.50. The highest BCUT2D eigenvalue weighted by atomic mass is 35.5. The lowest BCUT2D eigenvalue weighted by molar-refractivity contribution is 0.880. The number of benzene rings is 2. The molecule has 4 aromatic rings. The lowest BCUT2D eigenvalue weighted by atomic mass is 10.2. The highest BCUT2D eigenvalue weighted by Gasteiger charge is 2.18. The molecule has 142 valence electrons. The second-order valence-corrected chi connectivity index (χ2v) is 7.71. The number of nitriles is 1. The second-order valence-electron chi connectivity index (χ2n) is 6.36. The molecule has 0 saturated heterocycles. The van der Waals surface area contributed by atoms with Crippen LogP contribution in [-0.4, -0.2) is 19.7 Å². The van der Waals surface area contributed by atoms with Crippen LogP contribution in [0.3, 0.4) is 0 Å². The van der Waals surface area contributed by atoms with E-state index in [1.165, 1.54) is 0 Å². The summed E-state index contributed by atoms with van der Waals surface area (Å²) in [7, 11) is 0. The molecule has 0 aliphatic rings. The number of nitrogens with zero attached hydrogens (tertiary/aromatic N) is 5. The number of thioether (sulfide) groups is 1. The van der Waals surface area contributed by atoms with Gasteiger partial charge in [-0.05, 0) is 54.4 Å². The van der Waals surface area contributed by atoms with Gasteiger partial charge in [-0.3, -0.25) is 9.55 Å². The monoisotopic (exact) mass is 417 g/mol. The maximum Gasteiger partial charge on any atom is 0.196 e. The van der Waals surface area contributed by atoms with Gasteiger partial charge in [0.15, 0.2) is 11.0 Å². The summed E-state index contributed by atoms with van der Waals surface area (Å²) in [6, 6.07) is 19.3. The molecule has 7 heteroatoms. The average molecular weight is 418 g/mol. The van der Waals surface area contributed by atoms with Crippen LogP contribution in [0.15, 0.2) is 72.1 Å². The summed E-state index contributed by atoms with van der Waals surface area (Å²) in [5.41, 5.74) is 4.59. The van der Waals surface area contributed by atoms with E-state index in [9.17, 15) is 0 Å². The van der Waals surface area contributed by atoms with E-state index in [0.29, 0.717) is 16.3 Å². The van der Waals surface area contributed by atoms with Crippen molar-refractivity contribution in [1.29, 1.82) is 5.26 Å². The Bertz CT molecular complexity index is 1180. The number of pyridine rings is 1. The van der Waals surface area contributed by atoms with Crippen molar-refractivity contribution in [2.24, 2.45) is 0 Å². The molecule has 0 saturated carbocycles. The van der Waals surface area contributed by atoms with Gasteiger partial charge in [-0.1, -0.05) is 41.6 Å². The fourth-order valence-corrected chi connectivity index (χ4v) is 4.00. The predicted octanol–water partition coefficient (Wildman–Crippen LogP) is 5.46. The summed E-state index contributed by atoms with van der Waals surface area (Å²) in [4.78, 5) is 4.10. The average Bonchev–Trinajstić information content (AvgIpc) is 3.19. The molecule has 0 radical (unpaired) electrons. The molecule has 2 aromatic heterocycles. The van der Waals surface area contributed by atoms with Crippen molar-refractivity contribution in [2.75, 3.05) is 0 Å². The van der Waals surface area contributed by atoms with Gasteiger partial charge in [-0.15, -0.1) is 10.2 Å². The van der Waals surface area contributed by atoms with E-state index in [1.54, 1.807) is 24.2 Å². The molecule has 0 bridgehead atoms. The van der Waals surface area contributed by atoms with Crippen molar-refractivity contribution < 1.29 is 0 Å². The summed E-state index contributed by atoms with van der Waals surface area (Å²) < 4.78 is 2.03. The van der Waals surface area contributed by atoms with Crippen molar-refractivity contribution >= 4 is 23.4 Å². The lowest BCUT2D eigenvalue weighted by Crippen LogP contribution is -2.02. The zero-order valence-electron chi connectivity index (χ0n) is 15.6. The van der Waals surface area contributed by atoms with Gasteiger partial charge in [0.05, 0.1) is 17.3 Å². The third kappa shape index (κ3) is 4.02. The topological polar surface area (TPSA) is 67.4 Å². The molecule has 0 atom stereocenters. The number of aromatic nitrogens is 4. The minimum atomic E-state index is 0.649. The third-order valence-corrected chi connectivity index (χ3v) is 5.91. The van der Waals surface area contributed by atoms with E-state index >= 15 is 0 Å². The summed E-state index contributed by atoms with van der Waals surface area (Å²) in [5.74, 6) is 1.44. The summed E-state index contributed by atoms with van der Waals surface area (Å²) >= 11 is 7.97. The molecule has 4 rings (SSSR count). The smallest absolute Gasteiger partial charge is 0.196 e. The largest absolute Gasteiger partial charge is 0.270 e. The van der Waals surface area contributed by atoms with Crippen LogP contribution in [-0.2, 0) is 5.75 Å². The fraction of sp³-hybridized carbons (Fsp3) is 0.0909. The van der Waals surface area contributed by atoms with Gasteiger partial charge in [0, 0.05) is 28.7 Å². The Kier molecular flexibility index (Phi) is 5.61. The zero-order chi connectivity index (χ0) is 20.2. The zero-order valence-corrected chi connectivity index (χ0v) is 17.2. The standard InChI is InChI=1S/C22H16ClN5S/c1-15-19(23)3-2-4-20(15)28-21(18-9-11-25-12-10-18)26-27-22(28)29-14-17-7-5-16(13-24)6-8-17/h2-12H,14H2,1H3. The van der Waals surface area contributed by atoms with Crippen LogP contribution in [0.1, 0.15) is 16.7 Å². The second kappa shape index (κ2) is 8.48. The van der Waals surface area contributed by atoms with Gasteiger partial charge in [-0.2, -0.15) is 5.26 Å². The van der Waals surface area contributed by atoms with Crippen molar-refractivity contribution in [3.05, 3.63) is 88.7 Å². The van der Waals surface area contributed by atoms with Gasteiger partial charge in [0.1, 0.15) is 0 Å². The molecule has 0 unspecified atom stereocenters. The molecule has 0 amide bonds. The molecule has 2 heterocycles.